The van der Waals surface area contributed by atoms with E-state index in [-0.39, 0.29) is 18.4 Å². The predicted octanol–water partition coefficient (Wildman–Crippen LogP) is 5.32. The molecule has 0 saturated heterocycles. The summed E-state index contributed by atoms with van der Waals surface area (Å²) >= 11 is 0. The van der Waals surface area contributed by atoms with Gasteiger partial charge in [-0.25, -0.2) is 4.79 Å². The van der Waals surface area contributed by atoms with Crippen LogP contribution in [0.25, 0.3) is 0 Å². The SMILES string of the molecule is Cc1cccc(OCC(=O)Oc2ccc3c(c2)OC(N)=C(C#N)C3c2ccc(C(C)C)cc2)c1. The number of aryl methyl sites for hydroxylation is 1. The van der Waals surface area contributed by atoms with Gasteiger partial charge in [0.1, 0.15) is 28.9 Å². The van der Waals surface area contributed by atoms with Gasteiger partial charge in [-0.3, -0.25) is 0 Å². The molecule has 6 nitrogen and oxygen atoms in total. The average molecular weight is 455 g/mol. The zero-order chi connectivity index (χ0) is 24.2. The van der Waals surface area contributed by atoms with E-state index in [9.17, 15) is 10.1 Å². The Bertz CT molecular complexity index is 1290. The molecule has 0 radical (unpaired) electrons. The highest BCUT2D eigenvalue weighted by molar-refractivity contribution is 5.74. The van der Waals surface area contributed by atoms with Crippen LogP contribution in [0.1, 0.15) is 47.9 Å². The Morgan fingerprint density at radius 2 is 1.85 bits per heavy atom. The molecule has 0 saturated carbocycles. The van der Waals surface area contributed by atoms with Crippen LogP contribution in [0.4, 0.5) is 0 Å². The molecule has 4 rings (SSSR count). The minimum atomic E-state index is -0.542. The second-order valence-electron chi connectivity index (χ2n) is 8.53. The summed E-state index contributed by atoms with van der Waals surface area (Å²) in [4.78, 5) is 12.3. The van der Waals surface area contributed by atoms with Crippen LogP contribution < -0.4 is 19.9 Å². The molecule has 1 heterocycles. The molecule has 3 aromatic rings. The van der Waals surface area contributed by atoms with Crippen LogP contribution in [0.2, 0.25) is 0 Å². The monoisotopic (exact) mass is 454 g/mol. The van der Waals surface area contributed by atoms with Crippen LogP contribution in [0.5, 0.6) is 17.2 Å². The number of fused-ring (bicyclic) bond motifs is 1. The number of allylic oxidation sites excluding steroid dienone is 1. The molecule has 34 heavy (non-hydrogen) atoms. The predicted molar refractivity (Wildman–Crippen MR) is 129 cm³/mol. The van der Waals surface area contributed by atoms with Crippen LogP contribution >= 0.6 is 0 Å². The molecule has 3 aromatic carbocycles. The molecule has 0 aliphatic carbocycles. The van der Waals surface area contributed by atoms with Crippen LogP contribution in [0, 0.1) is 18.3 Å². The van der Waals surface area contributed by atoms with Crippen molar-refractivity contribution < 1.29 is 19.0 Å². The van der Waals surface area contributed by atoms with Crippen molar-refractivity contribution in [2.75, 3.05) is 6.61 Å². The Morgan fingerprint density at radius 3 is 2.53 bits per heavy atom. The van der Waals surface area contributed by atoms with E-state index >= 15 is 0 Å². The van der Waals surface area contributed by atoms with Gasteiger partial charge < -0.3 is 19.9 Å². The van der Waals surface area contributed by atoms with Crippen LogP contribution in [0.3, 0.4) is 0 Å². The number of benzene rings is 3. The fourth-order valence-corrected chi connectivity index (χ4v) is 3.92. The van der Waals surface area contributed by atoms with Gasteiger partial charge in [0, 0.05) is 11.6 Å². The van der Waals surface area contributed by atoms with E-state index < -0.39 is 5.97 Å². The average Bonchev–Trinajstić information content (AvgIpc) is 2.82. The standard InChI is InChI=1S/C28H26N2O4/c1-17(2)19-7-9-20(10-8-19)27-23-12-11-22(14-25(23)34-28(30)24(27)15-29)33-26(31)16-32-21-6-4-5-18(3)13-21/h4-14,17,27H,16,30H2,1-3H3. The molecule has 1 aliphatic heterocycles. The summed E-state index contributed by atoms with van der Waals surface area (Å²) < 4.78 is 16.7. The molecule has 0 aromatic heterocycles. The van der Waals surface area contributed by atoms with E-state index in [1.54, 1.807) is 24.3 Å². The molecule has 1 atom stereocenters. The molecule has 0 bridgehead atoms. The first-order valence-corrected chi connectivity index (χ1v) is 11.1. The first-order valence-electron chi connectivity index (χ1n) is 11.1. The number of ether oxygens (including phenoxy) is 3. The van der Waals surface area contributed by atoms with Gasteiger partial charge in [-0.05, 0) is 47.7 Å². The van der Waals surface area contributed by atoms with E-state index in [0.29, 0.717) is 28.7 Å². The highest BCUT2D eigenvalue weighted by atomic mass is 16.6. The van der Waals surface area contributed by atoms with Crippen LogP contribution in [0.15, 0.2) is 78.2 Å². The summed E-state index contributed by atoms with van der Waals surface area (Å²) in [5.74, 6) is 0.874. The highest BCUT2D eigenvalue weighted by Gasteiger charge is 2.31. The van der Waals surface area contributed by atoms with Gasteiger partial charge in [-0.2, -0.15) is 5.26 Å². The van der Waals surface area contributed by atoms with E-state index in [4.69, 9.17) is 19.9 Å². The second kappa shape index (κ2) is 9.72. The van der Waals surface area contributed by atoms with E-state index in [2.05, 4.69) is 32.0 Å². The highest BCUT2D eigenvalue weighted by Crippen LogP contribution is 2.43. The van der Waals surface area contributed by atoms with Gasteiger partial charge in [0.15, 0.2) is 6.61 Å². The molecule has 0 fully saturated rings. The lowest BCUT2D eigenvalue weighted by atomic mass is 9.83. The number of carbonyl (C=O) groups excluding carboxylic acids is 1. The molecule has 6 heteroatoms. The third-order valence-electron chi connectivity index (χ3n) is 5.70. The van der Waals surface area contributed by atoms with Crippen molar-refractivity contribution in [3.05, 3.63) is 100 Å². The van der Waals surface area contributed by atoms with Crippen molar-refractivity contribution >= 4 is 5.97 Å². The Hall–Kier alpha value is -4.24. The Morgan fingerprint density at radius 1 is 1.09 bits per heavy atom. The van der Waals surface area contributed by atoms with Gasteiger partial charge in [0.25, 0.3) is 0 Å². The van der Waals surface area contributed by atoms with Gasteiger partial charge >= 0.3 is 5.97 Å². The number of rotatable bonds is 6. The summed E-state index contributed by atoms with van der Waals surface area (Å²) in [6.45, 7) is 5.98. The normalized spacial score (nSPS) is 14.7. The summed E-state index contributed by atoms with van der Waals surface area (Å²) in [7, 11) is 0. The number of hydrogen-bond acceptors (Lipinski definition) is 6. The minimum absolute atomic E-state index is 0.0409. The van der Waals surface area contributed by atoms with Crippen molar-refractivity contribution in [3.63, 3.8) is 0 Å². The molecule has 1 aliphatic rings. The molecular formula is C28H26N2O4. The number of nitrogens with two attached hydrogens (primary N) is 1. The topological polar surface area (TPSA) is 94.6 Å². The van der Waals surface area contributed by atoms with Gasteiger partial charge in [0.2, 0.25) is 5.88 Å². The van der Waals surface area contributed by atoms with Crippen molar-refractivity contribution in [1.29, 1.82) is 5.26 Å². The molecule has 0 spiro atoms. The lowest BCUT2D eigenvalue weighted by Crippen LogP contribution is -2.21. The number of hydrogen-bond donors (Lipinski definition) is 1. The van der Waals surface area contributed by atoms with Crippen molar-refractivity contribution in [2.24, 2.45) is 5.73 Å². The van der Waals surface area contributed by atoms with Gasteiger partial charge in [-0.1, -0.05) is 56.3 Å². The van der Waals surface area contributed by atoms with Gasteiger partial charge in [0.05, 0.1) is 5.92 Å². The van der Waals surface area contributed by atoms with Crippen molar-refractivity contribution in [3.8, 4) is 23.3 Å². The lowest BCUT2D eigenvalue weighted by Gasteiger charge is -2.27. The molecule has 1 unspecified atom stereocenters. The van der Waals surface area contributed by atoms with Crippen LogP contribution in [-0.4, -0.2) is 12.6 Å². The summed E-state index contributed by atoms with van der Waals surface area (Å²) in [5.41, 5.74) is 10.4. The minimum Gasteiger partial charge on any atom is -0.482 e. The van der Waals surface area contributed by atoms with Gasteiger partial charge in [-0.15, -0.1) is 0 Å². The number of esters is 1. The number of nitriles is 1. The largest absolute Gasteiger partial charge is 0.482 e. The smallest absolute Gasteiger partial charge is 0.349 e. The Balaban J connectivity index is 1.55. The molecule has 172 valence electrons. The third kappa shape index (κ3) is 4.89. The Kier molecular flexibility index (Phi) is 6.55. The summed E-state index contributed by atoms with van der Waals surface area (Å²) in [6, 6.07) is 22.8. The zero-order valence-corrected chi connectivity index (χ0v) is 19.4. The maximum atomic E-state index is 12.3. The molecule has 2 N–H and O–H groups in total. The van der Waals surface area contributed by atoms with E-state index in [1.807, 2.05) is 37.3 Å². The summed E-state index contributed by atoms with van der Waals surface area (Å²) in [5, 5.41) is 9.75. The lowest BCUT2D eigenvalue weighted by molar-refractivity contribution is -0.136. The molecule has 0 amide bonds. The fraction of sp³-hybridized carbons (Fsp3) is 0.214. The maximum Gasteiger partial charge on any atom is 0.349 e. The third-order valence-corrected chi connectivity index (χ3v) is 5.70. The summed E-state index contributed by atoms with van der Waals surface area (Å²) in [6.07, 6.45) is 0. The van der Waals surface area contributed by atoms with E-state index in [0.717, 1.165) is 16.7 Å². The number of nitrogens with zero attached hydrogens (tertiary/aromatic N) is 1. The first-order chi connectivity index (χ1) is 16.4. The van der Waals surface area contributed by atoms with Crippen molar-refractivity contribution in [2.45, 2.75) is 32.6 Å². The van der Waals surface area contributed by atoms with E-state index in [1.165, 1.54) is 5.56 Å². The van der Waals surface area contributed by atoms with Crippen LogP contribution in [-0.2, 0) is 4.79 Å². The molecular weight excluding hydrogens is 428 g/mol. The second-order valence-corrected chi connectivity index (χ2v) is 8.53. The fourth-order valence-electron chi connectivity index (χ4n) is 3.92. The first kappa shape index (κ1) is 22.9. The van der Waals surface area contributed by atoms with Crippen molar-refractivity contribution in [1.82, 2.24) is 0 Å². The zero-order valence-electron chi connectivity index (χ0n) is 19.4. The Labute approximate surface area is 199 Å². The number of carbonyl (C=O) groups is 1. The maximum absolute atomic E-state index is 12.3. The quantitative estimate of drug-likeness (QED) is 0.400.